The predicted octanol–water partition coefficient (Wildman–Crippen LogP) is 1.73. The van der Waals surface area contributed by atoms with Gasteiger partial charge in [-0.2, -0.15) is 5.10 Å². The van der Waals surface area contributed by atoms with Crippen LogP contribution >= 0.6 is 0 Å². The van der Waals surface area contributed by atoms with Crippen molar-refractivity contribution in [2.75, 3.05) is 5.32 Å². The average molecular weight is 430 g/mol. The fourth-order valence-electron chi connectivity index (χ4n) is 3.37. The second-order valence-electron chi connectivity index (χ2n) is 7.14. The molecular weight excluding hydrogens is 412 g/mol. The van der Waals surface area contributed by atoms with Gasteiger partial charge in [0.2, 0.25) is 0 Å². The Morgan fingerprint density at radius 1 is 1.12 bits per heavy atom. The number of aryl methyl sites for hydroxylation is 1. The number of anilines is 1. The van der Waals surface area contributed by atoms with E-state index in [0.717, 1.165) is 11.1 Å². The van der Waals surface area contributed by atoms with Crippen molar-refractivity contribution in [1.82, 2.24) is 35.0 Å². The molecule has 1 amide bonds. The maximum absolute atomic E-state index is 12.8. The lowest BCUT2D eigenvalue weighted by atomic mass is 10.2. The molecule has 4 heterocycles. The first-order valence-corrected chi connectivity index (χ1v) is 9.78. The molecule has 0 fully saturated rings. The van der Waals surface area contributed by atoms with E-state index >= 15 is 0 Å². The molecule has 0 aliphatic rings. The summed E-state index contributed by atoms with van der Waals surface area (Å²) in [4.78, 5) is 36.8. The first kappa shape index (κ1) is 19.4. The third-order valence-corrected chi connectivity index (χ3v) is 5.08. The van der Waals surface area contributed by atoms with E-state index in [-0.39, 0.29) is 18.1 Å². The van der Waals surface area contributed by atoms with E-state index in [1.807, 2.05) is 12.1 Å². The summed E-state index contributed by atoms with van der Waals surface area (Å²) in [6, 6.07) is 9.09. The van der Waals surface area contributed by atoms with Crippen LogP contribution < -0.4 is 16.4 Å². The van der Waals surface area contributed by atoms with E-state index in [4.69, 9.17) is 4.42 Å². The highest BCUT2D eigenvalue weighted by molar-refractivity contribution is 6.04. The Bertz CT molecular complexity index is 1490. The number of aromatic nitrogens is 6. The van der Waals surface area contributed by atoms with E-state index in [0.29, 0.717) is 34.5 Å². The Labute approximate surface area is 180 Å². The molecule has 0 unspecified atom stereocenters. The van der Waals surface area contributed by atoms with Crippen LogP contribution in [0.4, 0.5) is 5.82 Å². The van der Waals surface area contributed by atoms with Gasteiger partial charge in [-0.15, -0.1) is 0 Å². The van der Waals surface area contributed by atoms with Crippen molar-refractivity contribution in [3.63, 3.8) is 0 Å². The molecule has 0 saturated heterocycles. The van der Waals surface area contributed by atoms with Crippen molar-refractivity contribution in [3.8, 4) is 0 Å². The number of nitrogens with one attached hydrogen (secondary N) is 3. The van der Waals surface area contributed by atoms with Crippen molar-refractivity contribution >= 4 is 33.9 Å². The molecule has 3 N–H and O–H groups in total. The molecule has 0 aliphatic heterocycles. The number of aromatic amines is 1. The number of fused-ring (bicyclic) bond motifs is 2. The molecule has 160 valence electrons. The smallest absolute Gasteiger partial charge is 0.408 e. The largest absolute Gasteiger partial charge is 0.419 e. The number of nitrogens with zero attached hydrogens (tertiary/aromatic N) is 5. The van der Waals surface area contributed by atoms with Crippen LogP contribution in [0.5, 0.6) is 0 Å². The number of carbonyl (C=O) groups is 1. The zero-order chi connectivity index (χ0) is 22.1. The Hall–Kier alpha value is -4.54. The van der Waals surface area contributed by atoms with Gasteiger partial charge in [-0.25, -0.2) is 14.8 Å². The average Bonchev–Trinajstić information content (AvgIpc) is 3.37. The van der Waals surface area contributed by atoms with Gasteiger partial charge in [-0.05, 0) is 35.4 Å². The number of hydrogen-bond acceptors (Lipinski definition) is 8. The van der Waals surface area contributed by atoms with Crippen LogP contribution in [0, 0.1) is 0 Å². The highest BCUT2D eigenvalue weighted by Crippen LogP contribution is 2.20. The normalized spacial score (nSPS) is 11.2. The number of amides is 1. The molecule has 32 heavy (non-hydrogen) atoms. The first-order valence-electron chi connectivity index (χ1n) is 9.78. The Morgan fingerprint density at radius 2 is 1.97 bits per heavy atom. The molecule has 0 saturated carbocycles. The van der Waals surface area contributed by atoms with Gasteiger partial charge in [0.05, 0.1) is 5.52 Å². The van der Waals surface area contributed by atoms with Gasteiger partial charge in [-0.1, -0.05) is 6.07 Å². The monoisotopic (exact) mass is 430 g/mol. The minimum absolute atomic E-state index is 0.191. The fraction of sp³-hybridized carbons (Fsp3) is 0.143. The van der Waals surface area contributed by atoms with E-state index in [1.54, 1.807) is 37.6 Å². The second-order valence-corrected chi connectivity index (χ2v) is 7.14. The molecule has 4 aromatic heterocycles. The van der Waals surface area contributed by atoms with Crippen LogP contribution in [-0.2, 0) is 20.1 Å². The lowest BCUT2D eigenvalue weighted by Gasteiger charge is -2.06. The minimum Gasteiger partial charge on any atom is -0.408 e. The van der Waals surface area contributed by atoms with Crippen molar-refractivity contribution in [1.29, 1.82) is 0 Å². The molecular formula is C21H18N8O3. The molecule has 1 aromatic carbocycles. The summed E-state index contributed by atoms with van der Waals surface area (Å²) in [5.41, 5.74) is 4.16. The van der Waals surface area contributed by atoms with Crippen LogP contribution in [0.25, 0.3) is 22.1 Å². The van der Waals surface area contributed by atoms with Gasteiger partial charge in [0, 0.05) is 32.5 Å². The summed E-state index contributed by atoms with van der Waals surface area (Å²) >= 11 is 0. The highest BCUT2D eigenvalue weighted by Gasteiger charge is 2.17. The van der Waals surface area contributed by atoms with Crippen LogP contribution in [0.1, 0.15) is 21.6 Å². The van der Waals surface area contributed by atoms with Crippen LogP contribution in [0.3, 0.4) is 0 Å². The van der Waals surface area contributed by atoms with Crippen molar-refractivity contribution in [3.05, 3.63) is 76.4 Å². The Balaban J connectivity index is 1.33. The number of hydrogen-bond donors (Lipinski definition) is 3. The van der Waals surface area contributed by atoms with Gasteiger partial charge >= 0.3 is 5.76 Å². The molecule has 0 spiro atoms. The summed E-state index contributed by atoms with van der Waals surface area (Å²) in [6.07, 6.45) is 4.76. The number of H-pyrrole nitrogens is 1. The molecule has 0 radical (unpaired) electrons. The van der Waals surface area contributed by atoms with Gasteiger partial charge < -0.3 is 15.1 Å². The molecule has 11 nitrogen and oxygen atoms in total. The summed E-state index contributed by atoms with van der Waals surface area (Å²) in [6.45, 7) is 0.786. The Morgan fingerprint density at radius 3 is 2.81 bits per heavy atom. The zero-order valence-electron chi connectivity index (χ0n) is 17.0. The van der Waals surface area contributed by atoms with Gasteiger partial charge in [0.15, 0.2) is 17.1 Å². The minimum atomic E-state index is -0.433. The van der Waals surface area contributed by atoms with Crippen LogP contribution in [-0.4, -0.2) is 35.6 Å². The van der Waals surface area contributed by atoms with E-state index in [9.17, 15) is 9.59 Å². The van der Waals surface area contributed by atoms with Crippen molar-refractivity contribution in [2.24, 2.45) is 7.05 Å². The molecule has 0 aliphatic carbocycles. The summed E-state index contributed by atoms with van der Waals surface area (Å²) in [5, 5.41) is 13.1. The SMILES string of the molecule is Cn1c(=O)oc2ccc(CNC(=O)c3ncnc4c(NCc5ccncc5)n[nH]c34)cc21. The molecule has 0 atom stereocenters. The molecule has 0 bridgehead atoms. The van der Waals surface area contributed by atoms with Gasteiger partial charge in [0.1, 0.15) is 17.4 Å². The molecule has 5 rings (SSSR count). The second kappa shape index (κ2) is 7.95. The predicted molar refractivity (Wildman–Crippen MR) is 116 cm³/mol. The fourth-order valence-corrected chi connectivity index (χ4v) is 3.37. The quantitative estimate of drug-likeness (QED) is 0.369. The van der Waals surface area contributed by atoms with E-state index in [1.165, 1.54) is 10.9 Å². The number of rotatable bonds is 6. The number of oxazole rings is 1. The van der Waals surface area contributed by atoms with E-state index < -0.39 is 5.76 Å². The van der Waals surface area contributed by atoms with Gasteiger partial charge in [0.25, 0.3) is 5.91 Å². The topological polar surface area (TPSA) is 144 Å². The summed E-state index contributed by atoms with van der Waals surface area (Å²) < 4.78 is 6.55. The Kier molecular flexibility index (Phi) is 4.82. The molecule has 5 aromatic rings. The zero-order valence-corrected chi connectivity index (χ0v) is 17.0. The maximum atomic E-state index is 12.8. The lowest BCUT2D eigenvalue weighted by molar-refractivity contribution is 0.0947. The lowest BCUT2D eigenvalue weighted by Crippen LogP contribution is -2.24. The number of pyridine rings is 1. The first-order chi connectivity index (χ1) is 15.6. The number of benzene rings is 1. The third-order valence-electron chi connectivity index (χ3n) is 5.08. The summed E-state index contributed by atoms with van der Waals surface area (Å²) in [7, 11) is 1.63. The standard InChI is InChI=1S/C21H18N8O3/c1-29-14-8-13(2-3-15(14)32-21(29)31)10-24-20(30)18-16-17(25-11-26-18)19(28-27-16)23-9-12-4-6-22-7-5-12/h2-8,11H,9-10H2,1H3,(H,24,30)(H2,23,27,28). The van der Waals surface area contributed by atoms with Gasteiger partial charge in [-0.3, -0.25) is 19.4 Å². The maximum Gasteiger partial charge on any atom is 0.419 e. The molecule has 11 heteroatoms. The highest BCUT2D eigenvalue weighted by atomic mass is 16.4. The summed E-state index contributed by atoms with van der Waals surface area (Å²) in [5.74, 6) is -0.278. The van der Waals surface area contributed by atoms with Crippen LogP contribution in [0.2, 0.25) is 0 Å². The van der Waals surface area contributed by atoms with E-state index in [2.05, 4.69) is 35.8 Å². The third kappa shape index (κ3) is 3.55. The van der Waals surface area contributed by atoms with Crippen molar-refractivity contribution < 1.29 is 9.21 Å². The number of carbonyl (C=O) groups excluding carboxylic acids is 1. The van der Waals surface area contributed by atoms with Crippen LogP contribution in [0.15, 0.2) is 58.3 Å². The van der Waals surface area contributed by atoms with Crippen molar-refractivity contribution in [2.45, 2.75) is 13.1 Å².